The lowest BCUT2D eigenvalue weighted by atomic mass is 9.90. The maximum absolute atomic E-state index is 4.70. The molecule has 0 radical (unpaired) electrons. The molecule has 1 aliphatic heterocycles. The van der Waals surface area contributed by atoms with Crippen LogP contribution in [0.5, 0.6) is 0 Å². The van der Waals surface area contributed by atoms with Gasteiger partial charge >= 0.3 is 0 Å². The van der Waals surface area contributed by atoms with Gasteiger partial charge < -0.3 is 4.90 Å². The van der Waals surface area contributed by atoms with Gasteiger partial charge in [-0.3, -0.25) is 9.97 Å². The molecule has 0 aromatic carbocycles. The minimum Gasteiger partial charge on any atom is -0.303 e. The number of aromatic nitrogens is 2. The van der Waals surface area contributed by atoms with E-state index in [1.54, 1.807) is 0 Å². The fourth-order valence-electron chi connectivity index (χ4n) is 4.00. The van der Waals surface area contributed by atoms with E-state index in [2.05, 4.69) is 34.2 Å². The molecule has 3 nitrogen and oxygen atoms in total. The fraction of sp³-hybridized carbons (Fsp3) is 0.500. The molecule has 4 rings (SSSR count). The van der Waals surface area contributed by atoms with Crippen molar-refractivity contribution in [2.75, 3.05) is 19.6 Å². The van der Waals surface area contributed by atoms with Gasteiger partial charge in [0.25, 0.3) is 0 Å². The van der Waals surface area contributed by atoms with Gasteiger partial charge in [-0.1, -0.05) is 12.2 Å². The van der Waals surface area contributed by atoms with Gasteiger partial charge in [0.1, 0.15) is 0 Å². The Hall–Kier alpha value is -1.74. The number of piperidine rings is 1. The van der Waals surface area contributed by atoms with Gasteiger partial charge in [-0.15, -0.1) is 0 Å². The molecule has 0 amide bonds. The van der Waals surface area contributed by atoms with Crippen molar-refractivity contribution in [3.8, 4) is 0 Å². The normalized spacial score (nSPS) is 23.4. The van der Waals surface area contributed by atoms with Crippen molar-refractivity contribution in [1.29, 1.82) is 0 Å². The first-order chi connectivity index (χ1) is 11.4. The lowest BCUT2D eigenvalue weighted by molar-refractivity contribution is 0.177. The highest BCUT2D eigenvalue weighted by molar-refractivity contribution is 5.77. The highest BCUT2D eigenvalue weighted by atomic mass is 15.1. The van der Waals surface area contributed by atoms with E-state index >= 15 is 0 Å². The smallest absolute Gasteiger partial charge is 0.0735 e. The Labute approximate surface area is 138 Å². The van der Waals surface area contributed by atoms with E-state index in [1.807, 2.05) is 18.5 Å². The Morgan fingerprint density at radius 3 is 2.83 bits per heavy atom. The summed E-state index contributed by atoms with van der Waals surface area (Å²) in [5.41, 5.74) is 2.31. The lowest BCUT2D eigenvalue weighted by Crippen LogP contribution is -2.36. The van der Waals surface area contributed by atoms with Crippen LogP contribution in [0.25, 0.3) is 10.9 Å². The van der Waals surface area contributed by atoms with Crippen LogP contribution in [0.3, 0.4) is 0 Å². The van der Waals surface area contributed by atoms with E-state index in [1.165, 1.54) is 57.4 Å². The third-order valence-electron chi connectivity index (χ3n) is 5.41. The molecule has 3 heteroatoms. The molecule has 3 heterocycles. The van der Waals surface area contributed by atoms with Crippen molar-refractivity contribution >= 4 is 10.9 Å². The first-order valence-electron chi connectivity index (χ1n) is 8.96. The third kappa shape index (κ3) is 3.45. The topological polar surface area (TPSA) is 29.0 Å². The molecule has 0 saturated carbocycles. The predicted molar refractivity (Wildman–Crippen MR) is 94.4 cm³/mol. The van der Waals surface area contributed by atoms with Crippen LogP contribution < -0.4 is 0 Å². The first kappa shape index (κ1) is 14.8. The first-order valence-corrected chi connectivity index (χ1v) is 8.96. The molecule has 2 aromatic heterocycles. The molecule has 2 aromatic rings. The molecule has 0 spiro atoms. The predicted octanol–water partition coefficient (Wildman–Crippen LogP) is 4.17. The second-order valence-corrected chi connectivity index (χ2v) is 7.03. The molecule has 1 aliphatic carbocycles. The van der Waals surface area contributed by atoms with Crippen molar-refractivity contribution in [3.05, 3.63) is 48.4 Å². The summed E-state index contributed by atoms with van der Waals surface area (Å²) in [6, 6.07) is 6.25. The van der Waals surface area contributed by atoms with Crippen LogP contribution in [-0.2, 0) is 0 Å². The largest absolute Gasteiger partial charge is 0.303 e. The minimum absolute atomic E-state index is 0.601. The zero-order valence-electron chi connectivity index (χ0n) is 13.7. The third-order valence-corrected chi connectivity index (χ3v) is 5.41. The molecule has 2 aliphatic rings. The van der Waals surface area contributed by atoms with Gasteiger partial charge in [0.15, 0.2) is 0 Å². The zero-order valence-corrected chi connectivity index (χ0v) is 13.7. The standard InChI is InChI=1S/C20H25N3/c1-2-5-16(6-3-1)15-23-11-8-17(9-12-23)19-13-20-18(14-22-19)7-4-10-21-20/h1-2,4,7,10,13-14,16-17H,3,5-6,8-9,11-12,15H2/t16-/m0/s1. The quantitative estimate of drug-likeness (QED) is 0.797. The van der Waals surface area contributed by atoms with E-state index < -0.39 is 0 Å². The molecule has 0 bridgehead atoms. The Kier molecular flexibility index (Phi) is 4.38. The summed E-state index contributed by atoms with van der Waals surface area (Å²) in [5.74, 6) is 1.48. The Balaban J connectivity index is 1.37. The molecule has 0 N–H and O–H groups in total. The Morgan fingerprint density at radius 1 is 1.09 bits per heavy atom. The summed E-state index contributed by atoms with van der Waals surface area (Å²) in [4.78, 5) is 11.8. The lowest BCUT2D eigenvalue weighted by Gasteiger charge is -2.34. The second kappa shape index (κ2) is 6.79. The van der Waals surface area contributed by atoms with Crippen LogP contribution in [0.15, 0.2) is 42.7 Å². The van der Waals surface area contributed by atoms with Crippen molar-refractivity contribution in [2.24, 2.45) is 5.92 Å². The van der Waals surface area contributed by atoms with Gasteiger partial charge in [0.2, 0.25) is 0 Å². The maximum Gasteiger partial charge on any atom is 0.0735 e. The van der Waals surface area contributed by atoms with Gasteiger partial charge in [0, 0.05) is 35.9 Å². The molecule has 1 atom stereocenters. The highest BCUT2D eigenvalue weighted by Gasteiger charge is 2.23. The van der Waals surface area contributed by atoms with Crippen molar-refractivity contribution in [3.63, 3.8) is 0 Å². The van der Waals surface area contributed by atoms with Crippen LogP contribution in [0.4, 0.5) is 0 Å². The summed E-state index contributed by atoms with van der Waals surface area (Å²) in [5, 5.41) is 1.14. The molecule has 0 unspecified atom stereocenters. The van der Waals surface area contributed by atoms with E-state index in [0.29, 0.717) is 5.92 Å². The fourth-order valence-corrected chi connectivity index (χ4v) is 4.00. The SMILES string of the molecule is C1=CC[C@H](CN2CCC(c3cc4ncccc4cn3)CC2)CC1. The van der Waals surface area contributed by atoms with Crippen molar-refractivity contribution < 1.29 is 0 Å². The van der Waals surface area contributed by atoms with Gasteiger partial charge in [-0.2, -0.15) is 0 Å². The Morgan fingerprint density at radius 2 is 2.00 bits per heavy atom. The molecule has 120 valence electrons. The number of likely N-dealkylation sites (tertiary alicyclic amines) is 1. The number of fused-ring (bicyclic) bond motifs is 1. The van der Waals surface area contributed by atoms with Gasteiger partial charge in [-0.25, -0.2) is 0 Å². The second-order valence-electron chi connectivity index (χ2n) is 7.03. The summed E-state index contributed by atoms with van der Waals surface area (Å²) >= 11 is 0. The number of hydrogen-bond acceptors (Lipinski definition) is 3. The Bertz CT molecular complexity index is 686. The number of nitrogens with zero attached hydrogens (tertiary/aromatic N) is 3. The molecular weight excluding hydrogens is 282 g/mol. The van der Waals surface area contributed by atoms with E-state index in [-0.39, 0.29) is 0 Å². The molecule has 1 saturated heterocycles. The van der Waals surface area contributed by atoms with Crippen LogP contribution in [0.2, 0.25) is 0 Å². The average Bonchev–Trinajstić information content (AvgIpc) is 2.63. The van der Waals surface area contributed by atoms with Crippen LogP contribution in [0, 0.1) is 5.92 Å². The summed E-state index contributed by atoms with van der Waals surface area (Å²) in [7, 11) is 0. The summed E-state index contributed by atoms with van der Waals surface area (Å²) in [6.45, 7) is 3.71. The van der Waals surface area contributed by atoms with Gasteiger partial charge in [0.05, 0.1) is 5.52 Å². The zero-order chi connectivity index (χ0) is 15.5. The van der Waals surface area contributed by atoms with E-state index in [0.717, 1.165) is 16.8 Å². The summed E-state index contributed by atoms with van der Waals surface area (Å²) in [6.07, 6.45) is 14.9. The molecule has 23 heavy (non-hydrogen) atoms. The number of pyridine rings is 2. The van der Waals surface area contributed by atoms with E-state index in [9.17, 15) is 0 Å². The average molecular weight is 307 g/mol. The van der Waals surface area contributed by atoms with E-state index in [4.69, 9.17) is 4.98 Å². The maximum atomic E-state index is 4.70. The number of hydrogen-bond donors (Lipinski definition) is 0. The summed E-state index contributed by atoms with van der Waals surface area (Å²) < 4.78 is 0. The monoisotopic (exact) mass is 307 g/mol. The van der Waals surface area contributed by atoms with Crippen molar-refractivity contribution in [1.82, 2.24) is 14.9 Å². The number of rotatable bonds is 3. The van der Waals surface area contributed by atoms with Crippen LogP contribution >= 0.6 is 0 Å². The van der Waals surface area contributed by atoms with Crippen LogP contribution in [-0.4, -0.2) is 34.5 Å². The van der Waals surface area contributed by atoms with Crippen LogP contribution in [0.1, 0.15) is 43.7 Å². The molecular formula is C20H25N3. The molecule has 1 fully saturated rings. The van der Waals surface area contributed by atoms with Crippen molar-refractivity contribution in [2.45, 2.75) is 38.0 Å². The minimum atomic E-state index is 0.601. The highest BCUT2D eigenvalue weighted by Crippen LogP contribution is 2.29. The number of allylic oxidation sites excluding steroid dienone is 2. The van der Waals surface area contributed by atoms with Gasteiger partial charge in [-0.05, 0) is 69.3 Å².